The van der Waals surface area contributed by atoms with E-state index in [9.17, 15) is 0 Å². The van der Waals surface area contributed by atoms with Gasteiger partial charge in [0.15, 0.2) is 0 Å². The number of thiophene rings is 1. The van der Waals surface area contributed by atoms with Gasteiger partial charge in [-0.1, -0.05) is 18.2 Å². The number of fused-ring (bicyclic) bond motifs is 10. The molecule has 1 aliphatic rings. The summed E-state index contributed by atoms with van der Waals surface area (Å²) in [6.45, 7) is 0. The second-order valence-corrected chi connectivity index (χ2v) is 23.6. The summed E-state index contributed by atoms with van der Waals surface area (Å²) in [6.07, 6.45) is 0. The maximum absolute atomic E-state index is 5.59. The molecule has 0 bridgehead atoms. The number of nitrogens with zero attached hydrogens (tertiary/aromatic N) is 3. The normalized spacial score (nSPS) is 13.1. The molecule has 0 spiro atoms. The van der Waals surface area contributed by atoms with Crippen LogP contribution in [0.4, 0.5) is 0 Å². The van der Waals surface area contributed by atoms with Crippen LogP contribution in [0.15, 0.2) is 200 Å². The van der Waals surface area contributed by atoms with Gasteiger partial charge >= 0.3 is 314 Å². The number of aromatic nitrogens is 3. The first-order valence-corrected chi connectivity index (χ1v) is 24.4. The molecule has 266 valence electrons. The fourth-order valence-corrected chi connectivity index (χ4v) is 21.8. The van der Waals surface area contributed by atoms with Crippen LogP contribution in [0.5, 0.6) is 0 Å². The molecule has 0 saturated carbocycles. The average molecular weight is 805 g/mol. The van der Waals surface area contributed by atoms with E-state index in [1.165, 1.54) is 65.1 Å². The monoisotopic (exact) mass is 805 g/mol. The second-order valence-electron chi connectivity index (χ2n) is 14.8. The van der Waals surface area contributed by atoms with E-state index < -0.39 is 13.3 Å². The molecule has 0 amide bonds. The van der Waals surface area contributed by atoms with Gasteiger partial charge in [0.2, 0.25) is 0 Å². The van der Waals surface area contributed by atoms with Crippen molar-refractivity contribution in [2.75, 3.05) is 0 Å². The Hall–Kier alpha value is -6.60. The summed E-state index contributed by atoms with van der Waals surface area (Å²) in [6, 6.07) is 73.2. The molecule has 0 saturated heterocycles. The number of hydrogen-bond acceptors (Lipinski definition) is 3. The summed E-state index contributed by atoms with van der Waals surface area (Å²) in [5, 5.41) is 5.23. The number of rotatable bonds is 5. The van der Waals surface area contributed by atoms with Gasteiger partial charge in [-0.2, -0.15) is 0 Å². The summed E-state index contributed by atoms with van der Waals surface area (Å²) in [7, 11) is 0. The molecule has 3 nitrogen and oxygen atoms in total. The third kappa shape index (κ3) is 4.72. The molecule has 1 aliphatic heterocycles. The fourth-order valence-electron chi connectivity index (χ4n) is 9.51. The molecule has 3 aromatic heterocycles. The predicted octanol–water partition coefficient (Wildman–Crippen LogP) is 10.6. The van der Waals surface area contributed by atoms with Crippen LogP contribution in [0.2, 0.25) is 0 Å². The number of hydrogen-bond donors (Lipinski definition) is 0. The molecular weight excluding hydrogens is 771 g/mol. The van der Waals surface area contributed by atoms with Gasteiger partial charge in [0.05, 0.1) is 0 Å². The Morgan fingerprint density at radius 1 is 0.439 bits per heavy atom. The standard InChI is InChI=1S/C52H33GeN3S/c1-4-16-35(17-5-1)52-54-49(48-50(55-52)41-23-10-13-25-43(41)53(48,36-18-6-2-7-19-36)37-20-8-3-9-21-37)34-28-30-38(31-29-34)56-44-26-14-11-24-42(44)47-45(56)33-32-40-39-22-12-15-27-46(39)57-51(40)47/h1-33H. The van der Waals surface area contributed by atoms with Crippen LogP contribution >= 0.6 is 11.3 Å². The Morgan fingerprint density at radius 2 is 1.05 bits per heavy atom. The molecule has 0 aliphatic carbocycles. The molecule has 0 N–H and O–H groups in total. The Kier molecular flexibility index (Phi) is 7.28. The van der Waals surface area contributed by atoms with Crippen LogP contribution in [-0.4, -0.2) is 27.8 Å². The van der Waals surface area contributed by atoms with Crippen LogP contribution in [-0.2, 0) is 0 Å². The quantitative estimate of drug-likeness (QED) is 0.162. The van der Waals surface area contributed by atoms with Crippen molar-refractivity contribution >= 4 is 84.2 Å². The van der Waals surface area contributed by atoms with Crippen molar-refractivity contribution < 1.29 is 0 Å². The van der Waals surface area contributed by atoms with Gasteiger partial charge in [-0.05, 0) is 6.07 Å². The van der Waals surface area contributed by atoms with Crippen LogP contribution in [0.1, 0.15) is 0 Å². The molecule has 5 heteroatoms. The Labute approximate surface area is 336 Å². The molecule has 57 heavy (non-hydrogen) atoms. The van der Waals surface area contributed by atoms with Crippen LogP contribution in [0.3, 0.4) is 0 Å². The van der Waals surface area contributed by atoms with E-state index in [4.69, 9.17) is 9.97 Å². The summed E-state index contributed by atoms with van der Waals surface area (Å²) < 4.78 is 10.6. The summed E-state index contributed by atoms with van der Waals surface area (Å²) >= 11 is -1.78. The Bertz CT molecular complexity index is 3300. The van der Waals surface area contributed by atoms with Crippen molar-refractivity contribution in [1.29, 1.82) is 0 Å². The second kappa shape index (κ2) is 12.7. The Balaban J connectivity index is 1.13. The van der Waals surface area contributed by atoms with Crippen molar-refractivity contribution in [2.45, 2.75) is 0 Å². The zero-order valence-corrected chi connectivity index (χ0v) is 33.7. The first kappa shape index (κ1) is 32.6. The molecule has 4 heterocycles. The van der Waals surface area contributed by atoms with Crippen molar-refractivity contribution in [1.82, 2.24) is 14.5 Å². The minimum atomic E-state index is -3.67. The molecule has 8 aromatic carbocycles. The van der Waals surface area contributed by atoms with Gasteiger partial charge < -0.3 is 0 Å². The van der Waals surface area contributed by atoms with Gasteiger partial charge in [0.1, 0.15) is 0 Å². The van der Waals surface area contributed by atoms with Crippen molar-refractivity contribution in [3.05, 3.63) is 200 Å². The SMILES string of the molecule is c1ccc(-c2nc(-c3ccc(-n4c5ccccc5c5c6sc7ccccc7c6ccc54)cc3)[c]3c(n2)-c2cccc[c]2[Ge]3([c]2ccccc2)[c]2ccccc2)cc1. The molecule has 11 aromatic rings. The predicted molar refractivity (Wildman–Crippen MR) is 243 cm³/mol. The van der Waals surface area contributed by atoms with Gasteiger partial charge in [0.25, 0.3) is 0 Å². The van der Waals surface area contributed by atoms with Crippen LogP contribution in [0.25, 0.3) is 81.6 Å². The summed E-state index contributed by atoms with van der Waals surface area (Å²) in [4.78, 5) is 11.1. The topological polar surface area (TPSA) is 30.7 Å². The molecule has 0 radical (unpaired) electrons. The van der Waals surface area contributed by atoms with E-state index in [1.54, 1.807) is 0 Å². The van der Waals surface area contributed by atoms with Crippen LogP contribution in [0, 0.1) is 0 Å². The minimum absolute atomic E-state index is 0.748. The van der Waals surface area contributed by atoms with E-state index in [0.717, 1.165) is 34.0 Å². The number of benzene rings is 8. The molecule has 0 atom stereocenters. The molecule has 0 unspecified atom stereocenters. The van der Waals surface area contributed by atoms with E-state index in [1.807, 2.05) is 11.3 Å². The summed E-state index contributed by atoms with van der Waals surface area (Å²) in [5.41, 5.74) is 8.95. The van der Waals surface area contributed by atoms with E-state index in [0.29, 0.717) is 0 Å². The third-order valence-corrected chi connectivity index (χ3v) is 23.3. The zero-order chi connectivity index (χ0) is 37.5. The maximum atomic E-state index is 5.59. The average Bonchev–Trinajstić information content (AvgIpc) is 3.94. The van der Waals surface area contributed by atoms with Crippen molar-refractivity contribution in [2.24, 2.45) is 0 Å². The zero-order valence-electron chi connectivity index (χ0n) is 30.8. The molecular formula is C52H33GeN3S. The van der Waals surface area contributed by atoms with Gasteiger partial charge in [-0.3, -0.25) is 0 Å². The molecule has 12 rings (SSSR count). The first-order chi connectivity index (χ1) is 28.3. The first-order valence-electron chi connectivity index (χ1n) is 19.4. The number of para-hydroxylation sites is 1. The van der Waals surface area contributed by atoms with Crippen LogP contribution < -0.4 is 17.6 Å². The van der Waals surface area contributed by atoms with E-state index in [2.05, 4.69) is 205 Å². The van der Waals surface area contributed by atoms with Gasteiger partial charge in [-0.25, -0.2) is 0 Å². The third-order valence-electron chi connectivity index (χ3n) is 11.9. The van der Waals surface area contributed by atoms with E-state index in [-0.39, 0.29) is 0 Å². The van der Waals surface area contributed by atoms with Crippen molar-refractivity contribution in [3.8, 4) is 39.6 Å². The molecule has 0 fully saturated rings. The fraction of sp³-hybridized carbons (Fsp3) is 0. The van der Waals surface area contributed by atoms with Gasteiger partial charge in [-0.15, -0.1) is 0 Å². The Morgan fingerprint density at radius 3 is 1.81 bits per heavy atom. The van der Waals surface area contributed by atoms with E-state index >= 15 is 0 Å². The summed E-state index contributed by atoms with van der Waals surface area (Å²) in [5.74, 6) is 0.748. The van der Waals surface area contributed by atoms with Gasteiger partial charge in [0, 0.05) is 0 Å². The van der Waals surface area contributed by atoms with Crippen molar-refractivity contribution in [3.63, 3.8) is 0 Å².